The molecule has 106 valence electrons. The Morgan fingerprint density at radius 1 is 1.30 bits per heavy atom. The Labute approximate surface area is 120 Å². The van der Waals surface area contributed by atoms with Crippen LogP contribution in [0.5, 0.6) is 0 Å². The van der Waals surface area contributed by atoms with Crippen LogP contribution in [0.2, 0.25) is 0 Å². The lowest BCUT2D eigenvalue weighted by molar-refractivity contribution is 0.0637. The number of hydrogen-bond acceptors (Lipinski definition) is 3. The molecule has 4 heteroatoms. The molecule has 1 saturated carbocycles. The minimum Gasteiger partial charge on any atom is -0.445 e. The predicted molar refractivity (Wildman–Crippen MR) is 75.8 cm³/mol. The Morgan fingerprint density at radius 2 is 1.95 bits per heavy atom. The summed E-state index contributed by atoms with van der Waals surface area (Å²) in [5.74, 6) is 0. The highest BCUT2D eigenvalue weighted by molar-refractivity contribution is 5.69. The third kappa shape index (κ3) is 3.11. The molecule has 0 saturated heterocycles. The molecule has 0 unspecified atom stereocenters. The Morgan fingerprint density at radius 3 is 2.55 bits per heavy atom. The number of hydrogen-bond donors (Lipinski definition) is 0. The Hall–Kier alpha value is -2.02. The number of rotatable bonds is 3. The van der Waals surface area contributed by atoms with Crippen molar-refractivity contribution in [1.29, 1.82) is 5.26 Å². The lowest BCUT2D eigenvalue weighted by atomic mass is 9.82. The quantitative estimate of drug-likeness (QED) is 0.846. The first-order chi connectivity index (χ1) is 9.68. The molecule has 0 aliphatic heterocycles. The van der Waals surface area contributed by atoms with Crippen molar-refractivity contribution in [2.45, 2.75) is 44.2 Å². The second kappa shape index (κ2) is 6.42. The van der Waals surface area contributed by atoms with Crippen molar-refractivity contribution in [2.24, 2.45) is 0 Å². The molecule has 20 heavy (non-hydrogen) atoms. The molecule has 0 N–H and O–H groups in total. The van der Waals surface area contributed by atoms with Crippen molar-refractivity contribution in [1.82, 2.24) is 4.90 Å². The third-order valence-electron chi connectivity index (χ3n) is 4.01. The molecule has 1 amide bonds. The zero-order valence-electron chi connectivity index (χ0n) is 11.8. The van der Waals surface area contributed by atoms with Gasteiger partial charge in [0.2, 0.25) is 0 Å². The van der Waals surface area contributed by atoms with Gasteiger partial charge in [0.1, 0.15) is 12.1 Å². The largest absolute Gasteiger partial charge is 0.445 e. The highest BCUT2D eigenvalue weighted by atomic mass is 16.6. The van der Waals surface area contributed by atoms with Gasteiger partial charge < -0.3 is 4.74 Å². The molecule has 1 aromatic rings. The molecule has 1 aliphatic rings. The minimum atomic E-state index is -0.688. The van der Waals surface area contributed by atoms with E-state index in [4.69, 9.17) is 4.74 Å². The van der Waals surface area contributed by atoms with Crippen molar-refractivity contribution in [3.63, 3.8) is 0 Å². The van der Waals surface area contributed by atoms with E-state index in [1.54, 1.807) is 7.05 Å². The highest BCUT2D eigenvalue weighted by Crippen LogP contribution is 2.32. The van der Waals surface area contributed by atoms with E-state index in [1.807, 2.05) is 30.3 Å². The van der Waals surface area contributed by atoms with E-state index in [0.29, 0.717) is 0 Å². The lowest BCUT2D eigenvalue weighted by Gasteiger charge is -2.38. The van der Waals surface area contributed by atoms with E-state index in [1.165, 1.54) is 4.90 Å². The van der Waals surface area contributed by atoms with Crippen LogP contribution < -0.4 is 0 Å². The van der Waals surface area contributed by atoms with Crippen LogP contribution in [0.15, 0.2) is 30.3 Å². The van der Waals surface area contributed by atoms with Crippen molar-refractivity contribution in [3.8, 4) is 6.07 Å². The summed E-state index contributed by atoms with van der Waals surface area (Å²) in [5.41, 5.74) is 0.260. The van der Waals surface area contributed by atoms with E-state index in [2.05, 4.69) is 6.07 Å². The summed E-state index contributed by atoms with van der Waals surface area (Å²) in [5, 5.41) is 9.45. The topological polar surface area (TPSA) is 53.3 Å². The summed E-state index contributed by atoms with van der Waals surface area (Å²) in [4.78, 5) is 13.6. The van der Waals surface area contributed by atoms with Crippen LogP contribution >= 0.6 is 0 Å². The number of benzene rings is 1. The highest BCUT2D eigenvalue weighted by Gasteiger charge is 2.39. The van der Waals surface area contributed by atoms with Crippen LogP contribution in [0.25, 0.3) is 0 Å². The molecule has 2 rings (SSSR count). The van der Waals surface area contributed by atoms with E-state index in [-0.39, 0.29) is 6.61 Å². The monoisotopic (exact) mass is 272 g/mol. The minimum absolute atomic E-state index is 0.242. The first-order valence-electron chi connectivity index (χ1n) is 7.04. The summed E-state index contributed by atoms with van der Waals surface area (Å²) < 4.78 is 5.31. The molecule has 1 aliphatic carbocycles. The molecule has 0 radical (unpaired) electrons. The average Bonchev–Trinajstić information content (AvgIpc) is 2.53. The van der Waals surface area contributed by atoms with Crippen molar-refractivity contribution in [2.75, 3.05) is 7.05 Å². The van der Waals surface area contributed by atoms with Gasteiger partial charge in [0, 0.05) is 7.05 Å². The van der Waals surface area contributed by atoms with Crippen LogP contribution in [0, 0.1) is 11.3 Å². The average molecular weight is 272 g/mol. The van der Waals surface area contributed by atoms with Gasteiger partial charge in [-0.05, 0) is 18.4 Å². The predicted octanol–water partition coefficient (Wildman–Crippen LogP) is 3.48. The summed E-state index contributed by atoms with van der Waals surface area (Å²) in [6.45, 7) is 0.242. The smallest absolute Gasteiger partial charge is 0.411 e. The number of carbonyl (C=O) groups is 1. The zero-order chi connectivity index (χ0) is 14.4. The van der Waals surface area contributed by atoms with Crippen LogP contribution in [0.3, 0.4) is 0 Å². The SMILES string of the molecule is CN(C(=O)OCc1ccccc1)C1(C#N)CCCCC1. The van der Waals surface area contributed by atoms with Crippen LogP contribution in [-0.4, -0.2) is 23.6 Å². The van der Waals surface area contributed by atoms with Gasteiger partial charge in [0.05, 0.1) is 6.07 Å². The summed E-state index contributed by atoms with van der Waals surface area (Å²) in [6.07, 6.45) is 4.17. The molecule has 0 spiro atoms. The second-order valence-corrected chi connectivity index (χ2v) is 5.30. The standard InChI is InChI=1S/C16H20N2O2/c1-18(16(13-17)10-6-3-7-11-16)15(19)20-12-14-8-4-2-5-9-14/h2,4-5,8-9H,3,6-7,10-12H2,1H3. The molecule has 4 nitrogen and oxygen atoms in total. The van der Waals surface area contributed by atoms with E-state index in [9.17, 15) is 10.1 Å². The number of carbonyl (C=O) groups excluding carboxylic acids is 1. The fraction of sp³-hybridized carbons (Fsp3) is 0.500. The fourth-order valence-electron chi connectivity index (χ4n) is 2.65. The fourth-order valence-corrected chi connectivity index (χ4v) is 2.65. The van der Waals surface area contributed by atoms with Gasteiger partial charge in [-0.1, -0.05) is 49.6 Å². The maximum absolute atomic E-state index is 12.1. The van der Waals surface area contributed by atoms with Gasteiger partial charge in [-0.25, -0.2) is 4.79 Å². The molecular formula is C16H20N2O2. The normalized spacial score (nSPS) is 17.0. The lowest BCUT2D eigenvalue weighted by Crippen LogP contribution is -2.49. The molecule has 1 fully saturated rings. The van der Waals surface area contributed by atoms with E-state index in [0.717, 1.165) is 37.7 Å². The van der Waals surface area contributed by atoms with Gasteiger partial charge in [0.15, 0.2) is 0 Å². The van der Waals surface area contributed by atoms with Gasteiger partial charge in [-0.3, -0.25) is 4.90 Å². The van der Waals surface area contributed by atoms with Crippen molar-refractivity contribution in [3.05, 3.63) is 35.9 Å². The molecule has 1 aromatic carbocycles. The first kappa shape index (κ1) is 14.4. The van der Waals surface area contributed by atoms with Gasteiger partial charge in [0.25, 0.3) is 0 Å². The van der Waals surface area contributed by atoms with Gasteiger partial charge in [-0.15, -0.1) is 0 Å². The molecule has 0 heterocycles. The Kier molecular flexibility index (Phi) is 4.62. The number of ether oxygens (including phenoxy) is 1. The maximum atomic E-state index is 12.1. The summed E-state index contributed by atoms with van der Waals surface area (Å²) >= 11 is 0. The number of nitriles is 1. The zero-order valence-corrected chi connectivity index (χ0v) is 11.8. The second-order valence-electron chi connectivity index (χ2n) is 5.30. The van der Waals surface area contributed by atoms with Gasteiger partial charge in [-0.2, -0.15) is 5.26 Å². The molecular weight excluding hydrogens is 252 g/mol. The van der Waals surface area contributed by atoms with Crippen LogP contribution in [0.1, 0.15) is 37.7 Å². The van der Waals surface area contributed by atoms with Crippen LogP contribution in [0.4, 0.5) is 4.79 Å². The van der Waals surface area contributed by atoms with E-state index >= 15 is 0 Å². The van der Waals surface area contributed by atoms with Crippen LogP contribution in [-0.2, 0) is 11.3 Å². The summed E-state index contributed by atoms with van der Waals surface area (Å²) in [7, 11) is 1.67. The Balaban J connectivity index is 1.96. The maximum Gasteiger partial charge on any atom is 0.411 e. The number of nitrogens with zero attached hydrogens (tertiary/aromatic N) is 2. The molecule has 0 aromatic heterocycles. The van der Waals surface area contributed by atoms with Crippen molar-refractivity contribution >= 4 is 6.09 Å². The first-order valence-corrected chi connectivity index (χ1v) is 7.04. The molecule has 0 bridgehead atoms. The Bertz CT molecular complexity index is 487. The number of amides is 1. The van der Waals surface area contributed by atoms with E-state index < -0.39 is 11.6 Å². The third-order valence-corrected chi connectivity index (χ3v) is 4.01. The summed E-state index contributed by atoms with van der Waals surface area (Å²) in [6, 6.07) is 11.9. The molecule has 0 atom stereocenters. The van der Waals surface area contributed by atoms with Crippen molar-refractivity contribution < 1.29 is 9.53 Å². The van der Waals surface area contributed by atoms with Gasteiger partial charge >= 0.3 is 6.09 Å².